The first-order valence-electron chi connectivity index (χ1n) is 12.2. The molecule has 2 aliphatic rings. The van der Waals surface area contributed by atoms with E-state index in [1.165, 1.54) is 16.9 Å². The number of ether oxygens (including phenoxy) is 2. The van der Waals surface area contributed by atoms with Crippen LogP contribution in [0.2, 0.25) is 0 Å². The third-order valence-electron chi connectivity index (χ3n) is 6.57. The number of thioether (sulfide) groups is 1. The van der Waals surface area contributed by atoms with Gasteiger partial charge in [-0.05, 0) is 31.2 Å². The highest BCUT2D eigenvalue weighted by molar-refractivity contribution is 7.98. The highest BCUT2D eigenvalue weighted by Crippen LogP contribution is 2.33. The number of likely N-dealkylation sites (tertiary alicyclic amines) is 1. The van der Waals surface area contributed by atoms with E-state index in [0.717, 1.165) is 27.2 Å². The maximum atomic E-state index is 13.1. The van der Waals surface area contributed by atoms with Crippen LogP contribution in [0.5, 0.6) is 0 Å². The van der Waals surface area contributed by atoms with Gasteiger partial charge in [-0.3, -0.25) is 14.3 Å². The van der Waals surface area contributed by atoms with Crippen molar-refractivity contribution in [3.05, 3.63) is 70.4 Å². The Balaban J connectivity index is 1.17. The molecule has 0 N–H and O–H groups in total. The molecule has 2 fully saturated rings. The van der Waals surface area contributed by atoms with Crippen LogP contribution in [0.1, 0.15) is 33.9 Å². The van der Waals surface area contributed by atoms with Crippen molar-refractivity contribution in [1.82, 2.24) is 29.6 Å². The number of amides is 1. The van der Waals surface area contributed by atoms with Crippen LogP contribution in [-0.2, 0) is 15.2 Å². The Morgan fingerprint density at radius 1 is 1.11 bits per heavy atom. The maximum Gasteiger partial charge on any atom is 0.273 e. The molecule has 5 heterocycles. The van der Waals surface area contributed by atoms with Gasteiger partial charge in [-0.2, -0.15) is 0 Å². The van der Waals surface area contributed by atoms with Crippen molar-refractivity contribution < 1.29 is 14.3 Å². The van der Waals surface area contributed by atoms with Crippen molar-refractivity contribution in [1.29, 1.82) is 0 Å². The normalized spacial score (nSPS) is 16.9. The number of benzene rings is 1. The number of aromatic nitrogens is 5. The zero-order valence-electron chi connectivity index (χ0n) is 20.4. The van der Waals surface area contributed by atoms with E-state index in [-0.39, 0.29) is 5.91 Å². The molecule has 11 heteroatoms. The lowest BCUT2D eigenvalue weighted by Gasteiger charge is -2.37. The van der Waals surface area contributed by atoms with E-state index in [4.69, 9.17) is 9.47 Å². The van der Waals surface area contributed by atoms with Crippen LogP contribution >= 0.6 is 23.1 Å². The number of carbonyl (C=O) groups is 1. The third-order valence-corrected chi connectivity index (χ3v) is 8.54. The Bertz CT molecular complexity index is 1370. The second kappa shape index (κ2) is 10.3. The Morgan fingerprint density at radius 2 is 1.89 bits per heavy atom. The summed E-state index contributed by atoms with van der Waals surface area (Å²) in [5.41, 5.74) is 3.54. The lowest BCUT2D eigenvalue weighted by atomic mass is 10.0. The second-order valence-electron chi connectivity index (χ2n) is 9.03. The molecule has 0 aliphatic carbocycles. The molecule has 0 radical (unpaired) electrons. The van der Waals surface area contributed by atoms with Gasteiger partial charge in [0.25, 0.3) is 5.91 Å². The zero-order chi connectivity index (χ0) is 25.2. The first kappa shape index (κ1) is 24.2. The molecule has 0 atom stereocenters. The standard InChI is InChI=1S/C26H26N6O3S2/c1-18-4-6-20(7-5-18)32-23(19-3-2-10-27-15-19)29-30-25(32)37-17-22-28-21(16-36-22)24(33)31-11-8-26(9-12-31)34-13-14-35-26/h2-7,10,15-16H,8-9,11-14,17H2,1H3. The summed E-state index contributed by atoms with van der Waals surface area (Å²) in [7, 11) is 0. The van der Waals surface area contributed by atoms with E-state index in [0.29, 0.717) is 50.6 Å². The molecule has 190 valence electrons. The number of aryl methyl sites for hydroxylation is 1. The maximum absolute atomic E-state index is 13.1. The number of rotatable bonds is 6. The van der Waals surface area contributed by atoms with Crippen LogP contribution in [0.15, 0.2) is 59.3 Å². The summed E-state index contributed by atoms with van der Waals surface area (Å²) >= 11 is 3.04. The predicted molar refractivity (Wildman–Crippen MR) is 141 cm³/mol. The van der Waals surface area contributed by atoms with Gasteiger partial charge in [0.15, 0.2) is 16.8 Å². The fourth-order valence-corrected chi connectivity index (χ4v) is 6.31. The molecule has 1 aromatic carbocycles. The molecule has 2 aliphatic heterocycles. The quantitative estimate of drug-likeness (QED) is 0.337. The number of nitrogens with zero attached hydrogens (tertiary/aromatic N) is 6. The topological polar surface area (TPSA) is 95.3 Å². The summed E-state index contributed by atoms with van der Waals surface area (Å²) in [5.74, 6) is 0.775. The molecule has 3 aromatic heterocycles. The monoisotopic (exact) mass is 534 g/mol. The minimum absolute atomic E-state index is 0.0398. The number of carbonyl (C=O) groups excluding carboxylic acids is 1. The van der Waals surface area contributed by atoms with Gasteiger partial charge in [-0.1, -0.05) is 29.5 Å². The fourth-order valence-electron chi connectivity index (χ4n) is 4.57. The van der Waals surface area contributed by atoms with Crippen molar-refractivity contribution in [3.8, 4) is 17.1 Å². The van der Waals surface area contributed by atoms with Gasteiger partial charge in [0, 0.05) is 55.0 Å². The minimum Gasteiger partial charge on any atom is -0.347 e. The van der Waals surface area contributed by atoms with Crippen LogP contribution in [0.3, 0.4) is 0 Å². The molecule has 0 bridgehead atoms. The SMILES string of the molecule is Cc1ccc(-n2c(SCc3nc(C(=O)N4CCC5(CC4)OCCO5)cs3)nnc2-c2cccnc2)cc1. The molecule has 1 spiro atoms. The van der Waals surface area contributed by atoms with Crippen LogP contribution in [0.4, 0.5) is 0 Å². The molecule has 0 unspecified atom stereocenters. The molecule has 9 nitrogen and oxygen atoms in total. The zero-order valence-corrected chi connectivity index (χ0v) is 22.0. The number of piperidine rings is 1. The lowest BCUT2D eigenvalue weighted by Crippen LogP contribution is -2.47. The Kier molecular flexibility index (Phi) is 6.76. The van der Waals surface area contributed by atoms with Gasteiger partial charge in [-0.25, -0.2) is 4.98 Å². The summed E-state index contributed by atoms with van der Waals surface area (Å²) in [5, 5.41) is 12.4. The molecule has 4 aromatic rings. The van der Waals surface area contributed by atoms with Crippen molar-refractivity contribution in [2.24, 2.45) is 0 Å². The van der Waals surface area contributed by atoms with Gasteiger partial charge in [0.2, 0.25) is 0 Å². The number of pyridine rings is 1. The van der Waals surface area contributed by atoms with Gasteiger partial charge in [-0.15, -0.1) is 21.5 Å². The van der Waals surface area contributed by atoms with Crippen LogP contribution < -0.4 is 0 Å². The molecule has 6 rings (SSSR count). The molecular weight excluding hydrogens is 508 g/mol. The second-order valence-corrected chi connectivity index (χ2v) is 10.9. The third kappa shape index (κ3) is 5.04. The van der Waals surface area contributed by atoms with E-state index >= 15 is 0 Å². The Morgan fingerprint density at radius 3 is 2.62 bits per heavy atom. The van der Waals surface area contributed by atoms with Crippen molar-refractivity contribution in [2.75, 3.05) is 26.3 Å². The van der Waals surface area contributed by atoms with Gasteiger partial charge < -0.3 is 14.4 Å². The fraction of sp³-hybridized carbons (Fsp3) is 0.346. The Labute approximate surface area is 222 Å². The molecule has 1 amide bonds. The van der Waals surface area contributed by atoms with Gasteiger partial charge in [0.1, 0.15) is 10.7 Å². The average Bonchev–Trinajstić information content (AvgIpc) is 3.69. The van der Waals surface area contributed by atoms with Crippen LogP contribution in [0.25, 0.3) is 17.1 Å². The first-order valence-corrected chi connectivity index (χ1v) is 14.0. The highest BCUT2D eigenvalue weighted by Gasteiger charge is 2.41. The lowest BCUT2D eigenvalue weighted by molar-refractivity contribution is -0.181. The van der Waals surface area contributed by atoms with Crippen molar-refractivity contribution in [3.63, 3.8) is 0 Å². The van der Waals surface area contributed by atoms with E-state index in [2.05, 4.69) is 51.4 Å². The summed E-state index contributed by atoms with van der Waals surface area (Å²) in [6.07, 6.45) is 4.92. The van der Waals surface area contributed by atoms with Gasteiger partial charge >= 0.3 is 0 Å². The summed E-state index contributed by atoms with van der Waals surface area (Å²) < 4.78 is 13.6. The summed E-state index contributed by atoms with van der Waals surface area (Å²) in [6.45, 7) is 4.53. The van der Waals surface area contributed by atoms with E-state index in [1.807, 2.05) is 27.0 Å². The average molecular weight is 535 g/mol. The number of hydrogen-bond acceptors (Lipinski definition) is 9. The van der Waals surface area contributed by atoms with Gasteiger partial charge in [0.05, 0.1) is 19.0 Å². The van der Waals surface area contributed by atoms with E-state index in [1.54, 1.807) is 24.2 Å². The van der Waals surface area contributed by atoms with Crippen LogP contribution in [0, 0.1) is 6.92 Å². The Hall–Kier alpha value is -3.12. The number of thiazole rings is 1. The summed E-state index contributed by atoms with van der Waals surface area (Å²) in [4.78, 5) is 23.8. The smallest absolute Gasteiger partial charge is 0.273 e. The number of hydrogen-bond donors (Lipinski definition) is 0. The van der Waals surface area contributed by atoms with E-state index in [9.17, 15) is 4.79 Å². The van der Waals surface area contributed by atoms with E-state index < -0.39 is 5.79 Å². The molecular formula is C26H26N6O3S2. The minimum atomic E-state index is -0.497. The highest BCUT2D eigenvalue weighted by atomic mass is 32.2. The first-order chi connectivity index (χ1) is 18.1. The molecule has 0 saturated carbocycles. The predicted octanol–water partition coefficient (Wildman–Crippen LogP) is 4.37. The van der Waals surface area contributed by atoms with Crippen molar-refractivity contribution >= 4 is 29.0 Å². The summed E-state index contributed by atoms with van der Waals surface area (Å²) in [6, 6.07) is 12.1. The van der Waals surface area contributed by atoms with Crippen molar-refractivity contribution in [2.45, 2.75) is 36.5 Å². The molecule has 37 heavy (non-hydrogen) atoms. The van der Waals surface area contributed by atoms with Crippen LogP contribution in [-0.4, -0.2) is 67.6 Å². The largest absolute Gasteiger partial charge is 0.347 e. The molecule has 2 saturated heterocycles.